The van der Waals surface area contributed by atoms with Gasteiger partial charge in [-0.1, -0.05) is 138 Å². The van der Waals surface area contributed by atoms with Gasteiger partial charge in [0.1, 0.15) is 17.2 Å². The Morgan fingerprint density at radius 2 is 0.783 bits per heavy atom. The molecule has 3 atom stereocenters. The molecule has 0 saturated heterocycles. The number of ether oxygens (including phenoxy) is 3. The first-order chi connectivity index (χ1) is 22.3. The SMILES string of the molecule is CCCCCCCC(CC)C(=O)Oc1cc(OC(=O)C(CC)CCCCCCC)c(C)c(OC(=O)C(CC)CCCCCCC)c1. The van der Waals surface area contributed by atoms with Gasteiger partial charge in [-0.3, -0.25) is 14.4 Å². The summed E-state index contributed by atoms with van der Waals surface area (Å²) in [6, 6.07) is 3.21. The number of esters is 3. The van der Waals surface area contributed by atoms with Crippen LogP contribution in [0.2, 0.25) is 0 Å². The predicted octanol–water partition coefficient (Wildman–Crippen LogP) is 11.9. The molecular formula is C40H68O6. The fourth-order valence-corrected chi connectivity index (χ4v) is 5.94. The van der Waals surface area contributed by atoms with Crippen molar-refractivity contribution in [1.29, 1.82) is 0 Å². The highest BCUT2D eigenvalue weighted by Gasteiger charge is 2.25. The van der Waals surface area contributed by atoms with Crippen LogP contribution in [-0.2, 0) is 14.4 Å². The van der Waals surface area contributed by atoms with Gasteiger partial charge in [0.25, 0.3) is 0 Å². The summed E-state index contributed by atoms with van der Waals surface area (Å²) in [5.74, 6) is -0.725. The first-order valence-corrected chi connectivity index (χ1v) is 19.0. The molecule has 0 fully saturated rings. The zero-order chi connectivity index (χ0) is 34.2. The van der Waals surface area contributed by atoms with Crippen molar-refractivity contribution < 1.29 is 28.6 Å². The second-order valence-corrected chi connectivity index (χ2v) is 13.2. The number of carbonyl (C=O) groups is 3. The molecule has 0 saturated carbocycles. The second-order valence-electron chi connectivity index (χ2n) is 13.2. The Bertz CT molecular complexity index is 929. The van der Waals surface area contributed by atoms with Gasteiger partial charge in [-0.15, -0.1) is 0 Å². The summed E-state index contributed by atoms with van der Waals surface area (Å²) in [6.07, 6.45) is 21.4. The Balaban J connectivity index is 3.18. The van der Waals surface area contributed by atoms with E-state index in [4.69, 9.17) is 14.2 Å². The fourth-order valence-electron chi connectivity index (χ4n) is 5.94. The number of hydrogen-bond acceptors (Lipinski definition) is 6. The largest absolute Gasteiger partial charge is 0.426 e. The third kappa shape index (κ3) is 16.5. The van der Waals surface area contributed by atoms with Crippen LogP contribution < -0.4 is 14.2 Å². The van der Waals surface area contributed by atoms with Gasteiger partial charge < -0.3 is 14.2 Å². The molecule has 0 N–H and O–H groups in total. The molecule has 264 valence electrons. The van der Waals surface area contributed by atoms with Crippen LogP contribution in [0.1, 0.15) is 182 Å². The molecule has 0 aromatic heterocycles. The molecule has 1 aromatic rings. The van der Waals surface area contributed by atoms with Crippen LogP contribution in [0.3, 0.4) is 0 Å². The fraction of sp³-hybridized carbons (Fsp3) is 0.775. The standard InChI is InChI=1S/C40H68O6/c1-8-14-17-20-23-26-32(11-4)38(41)44-35-29-36(45-39(42)33(12-5)27-24-21-18-15-9-2)31(7)37(30-35)46-40(43)34(13-6)28-25-22-19-16-10-3/h29-30,32-34H,8-28H2,1-7H3. The maximum Gasteiger partial charge on any atom is 0.314 e. The van der Waals surface area contributed by atoms with E-state index in [0.717, 1.165) is 57.8 Å². The number of rotatable bonds is 27. The van der Waals surface area contributed by atoms with E-state index in [1.165, 1.54) is 57.8 Å². The van der Waals surface area contributed by atoms with E-state index in [1.807, 2.05) is 20.8 Å². The number of carbonyl (C=O) groups excluding carboxylic acids is 3. The summed E-state index contributed by atoms with van der Waals surface area (Å²) in [4.78, 5) is 40.0. The van der Waals surface area contributed by atoms with Crippen LogP contribution in [0.4, 0.5) is 0 Å². The van der Waals surface area contributed by atoms with Crippen molar-refractivity contribution in [3.05, 3.63) is 17.7 Å². The van der Waals surface area contributed by atoms with E-state index in [2.05, 4.69) is 20.8 Å². The summed E-state index contributed by atoms with van der Waals surface area (Å²) in [6.45, 7) is 14.4. The van der Waals surface area contributed by atoms with Gasteiger partial charge >= 0.3 is 17.9 Å². The Kier molecular flexibility index (Phi) is 23.3. The Morgan fingerprint density at radius 1 is 0.478 bits per heavy atom. The van der Waals surface area contributed by atoms with Crippen LogP contribution in [0, 0.1) is 24.7 Å². The summed E-state index contributed by atoms with van der Waals surface area (Å²) in [5, 5.41) is 0. The van der Waals surface area contributed by atoms with Gasteiger partial charge in [-0.2, -0.15) is 0 Å². The van der Waals surface area contributed by atoms with Crippen LogP contribution in [0.15, 0.2) is 12.1 Å². The van der Waals surface area contributed by atoms with Crippen molar-refractivity contribution in [1.82, 2.24) is 0 Å². The first-order valence-electron chi connectivity index (χ1n) is 19.0. The lowest BCUT2D eigenvalue weighted by molar-refractivity contribution is -0.139. The maximum absolute atomic E-state index is 13.3. The van der Waals surface area contributed by atoms with Crippen molar-refractivity contribution in [3.8, 4) is 17.2 Å². The summed E-state index contributed by atoms with van der Waals surface area (Å²) >= 11 is 0. The normalized spacial score (nSPS) is 13.2. The van der Waals surface area contributed by atoms with Crippen molar-refractivity contribution in [2.45, 2.75) is 183 Å². The number of benzene rings is 1. The van der Waals surface area contributed by atoms with Gasteiger partial charge in [0.05, 0.1) is 17.8 Å². The molecule has 0 aliphatic heterocycles. The monoisotopic (exact) mass is 645 g/mol. The van der Waals surface area contributed by atoms with Crippen molar-refractivity contribution in [3.63, 3.8) is 0 Å². The zero-order valence-electron chi connectivity index (χ0n) is 30.7. The molecule has 6 nitrogen and oxygen atoms in total. The minimum atomic E-state index is -0.298. The van der Waals surface area contributed by atoms with Gasteiger partial charge in [0, 0.05) is 17.7 Å². The number of hydrogen-bond donors (Lipinski definition) is 0. The minimum Gasteiger partial charge on any atom is -0.426 e. The van der Waals surface area contributed by atoms with Crippen LogP contribution >= 0.6 is 0 Å². The molecule has 6 heteroatoms. The van der Waals surface area contributed by atoms with E-state index in [0.29, 0.717) is 24.8 Å². The lowest BCUT2D eigenvalue weighted by Crippen LogP contribution is -2.23. The third-order valence-electron chi connectivity index (χ3n) is 9.37. The smallest absolute Gasteiger partial charge is 0.314 e. The maximum atomic E-state index is 13.3. The Labute approximate surface area is 282 Å². The number of unbranched alkanes of at least 4 members (excludes halogenated alkanes) is 12. The molecule has 0 amide bonds. The van der Waals surface area contributed by atoms with E-state index in [-0.39, 0.29) is 52.9 Å². The summed E-state index contributed by atoms with van der Waals surface area (Å²) in [7, 11) is 0. The molecule has 0 radical (unpaired) electrons. The average molecular weight is 645 g/mol. The average Bonchev–Trinajstić information content (AvgIpc) is 3.04. The minimum absolute atomic E-state index is 0.214. The molecule has 3 unspecified atom stereocenters. The molecule has 0 heterocycles. The lowest BCUT2D eigenvalue weighted by atomic mass is 9.98. The van der Waals surface area contributed by atoms with Crippen molar-refractivity contribution in [2.24, 2.45) is 17.8 Å². The van der Waals surface area contributed by atoms with E-state index >= 15 is 0 Å². The van der Waals surface area contributed by atoms with Gasteiger partial charge in [0.15, 0.2) is 0 Å². The van der Waals surface area contributed by atoms with Crippen molar-refractivity contribution in [2.75, 3.05) is 0 Å². The van der Waals surface area contributed by atoms with Gasteiger partial charge in [-0.05, 0) is 45.4 Å². The lowest BCUT2D eigenvalue weighted by Gasteiger charge is -2.20. The van der Waals surface area contributed by atoms with Crippen molar-refractivity contribution >= 4 is 17.9 Å². The van der Waals surface area contributed by atoms with E-state index in [1.54, 1.807) is 19.1 Å². The van der Waals surface area contributed by atoms with Gasteiger partial charge in [-0.25, -0.2) is 0 Å². The third-order valence-corrected chi connectivity index (χ3v) is 9.37. The van der Waals surface area contributed by atoms with Crippen LogP contribution in [0.5, 0.6) is 17.2 Å². The van der Waals surface area contributed by atoms with Gasteiger partial charge in [0.2, 0.25) is 0 Å². The van der Waals surface area contributed by atoms with E-state index in [9.17, 15) is 14.4 Å². The van der Waals surface area contributed by atoms with E-state index < -0.39 is 0 Å². The molecule has 46 heavy (non-hydrogen) atoms. The highest BCUT2D eigenvalue weighted by atomic mass is 16.6. The summed E-state index contributed by atoms with van der Waals surface area (Å²) < 4.78 is 17.9. The highest BCUT2D eigenvalue weighted by molar-refractivity contribution is 5.79. The molecule has 0 spiro atoms. The quantitative estimate of drug-likeness (QED) is 0.0538. The Morgan fingerprint density at radius 3 is 1.09 bits per heavy atom. The molecule has 0 aliphatic rings. The topological polar surface area (TPSA) is 78.9 Å². The molecule has 1 aromatic carbocycles. The molecular weight excluding hydrogens is 576 g/mol. The first kappa shape index (κ1) is 41.7. The van der Waals surface area contributed by atoms with Crippen LogP contribution in [-0.4, -0.2) is 17.9 Å². The molecule has 0 aliphatic carbocycles. The zero-order valence-corrected chi connectivity index (χ0v) is 30.7. The Hall–Kier alpha value is -2.37. The molecule has 0 bridgehead atoms. The predicted molar refractivity (Wildman–Crippen MR) is 190 cm³/mol. The highest BCUT2D eigenvalue weighted by Crippen LogP contribution is 2.36. The molecule has 1 rings (SSSR count). The second kappa shape index (κ2) is 25.7. The van der Waals surface area contributed by atoms with Crippen LogP contribution in [0.25, 0.3) is 0 Å². The summed E-state index contributed by atoms with van der Waals surface area (Å²) in [5.41, 5.74) is 0.556.